The maximum Gasteiger partial charge on any atom is 0.316 e. The first-order valence-electron chi connectivity index (χ1n) is 4.85. The zero-order valence-electron chi connectivity index (χ0n) is 7.87. The number of amides is 1. The van der Waals surface area contributed by atoms with Gasteiger partial charge in [-0.25, -0.2) is 0 Å². The van der Waals surface area contributed by atoms with E-state index in [2.05, 4.69) is 11.9 Å². The molecule has 2 unspecified atom stereocenters. The number of likely N-dealkylation sites (N-methyl/N-ethyl adjacent to an activating group) is 1. The van der Waals surface area contributed by atoms with E-state index in [1.165, 1.54) is 12.8 Å². The third-order valence-electron chi connectivity index (χ3n) is 3.40. The second-order valence-corrected chi connectivity index (χ2v) is 4.36. The van der Waals surface area contributed by atoms with Crippen molar-refractivity contribution in [2.75, 3.05) is 20.1 Å². The molecular weight excluding hydrogens is 188 g/mol. The molecule has 0 radical (unpaired) electrons. The molecule has 0 spiro atoms. The number of hydrogen-bond donors (Lipinski definition) is 0. The highest BCUT2D eigenvalue weighted by molar-refractivity contribution is 6.62. The summed E-state index contributed by atoms with van der Waals surface area (Å²) in [7, 11) is 2.16. The lowest BCUT2D eigenvalue weighted by molar-refractivity contribution is 0.209. The van der Waals surface area contributed by atoms with Crippen LogP contribution in [0.4, 0.5) is 4.79 Å². The van der Waals surface area contributed by atoms with Crippen molar-refractivity contribution in [1.29, 1.82) is 0 Å². The van der Waals surface area contributed by atoms with Crippen molar-refractivity contribution in [3.05, 3.63) is 0 Å². The Bertz CT molecular complexity index is 222. The van der Waals surface area contributed by atoms with E-state index in [9.17, 15) is 4.79 Å². The van der Waals surface area contributed by atoms with Crippen LogP contribution >= 0.6 is 11.6 Å². The summed E-state index contributed by atoms with van der Waals surface area (Å²) in [6.07, 6.45) is 3.57. The molecule has 0 aromatic rings. The molecule has 2 bridgehead atoms. The number of fused-ring (bicyclic) bond motifs is 2. The molecule has 2 aliphatic rings. The van der Waals surface area contributed by atoms with Crippen LogP contribution in [0.15, 0.2) is 0 Å². The number of nitrogens with zero attached hydrogens (tertiary/aromatic N) is 2. The average molecular weight is 203 g/mol. The molecule has 0 saturated carbocycles. The van der Waals surface area contributed by atoms with Gasteiger partial charge < -0.3 is 4.90 Å². The van der Waals surface area contributed by atoms with E-state index in [4.69, 9.17) is 11.6 Å². The highest BCUT2D eigenvalue weighted by atomic mass is 35.5. The van der Waals surface area contributed by atoms with E-state index >= 15 is 0 Å². The zero-order valence-corrected chi connectivity index (χ0v) is 8.63. The monoisotopic (exact) mass is 202 g/mol. The van der Waals surface area contributed by atoms with Crippen molar-refractivity contribution in [2.24, 2.45) is 0 Å². The van der Waals surface area contributed by atoms with Gasteiger partial charge in [-0.15, -0.1) is 0 Å². The zero-order chi connectivity index (χ0) is 9.42. The quantitative estimate of drug-likeness (QED) is 0.439. The van der Waals surface area contributed by atoms with Crippen LogP contribution in [-0.4, -0.2) is 47.4 Å². The van der Waals surface area contributed by atoms with E-state index < -0.39 is 0 Å². The average Bonchev–Trinajstić information content (AvgIpc) is 2.25. The van der Waals surface area contributed by atoms with E-state index in [1.807, 2.05) is 0 Å². The predicted octanol–water partition coefficient (Wildman–Crippen LogP) is 1.51. The number of halogens is 1. The molecule has 4 heteroatoms. The minimum atomic E-state index is -0.291. The molecule has 2 rings (SSSR count). The van der Waals surface area contributed by atoms with Gasteiger partial charge in [-0.05, 0) is 37.9 Å². The first-order valence-corrected chi connectivity index (χ1v) is 5.22. The molecule has 0 aliphatic carbocycles. The summed E-state index contributed by atoms with van der Waals surface area (Å²) >= 11 is 5.48. The van der Waals surface area contributed by atoms with Gasteiger partial charge in [-0.3, -0.25) is 9.69 Å². The third kappa shape index (κ3) is 1.67. The Labute approximate surface area is 83.6 Å². The molecule has 0 aromatic carbocycles. The molecule has 2 atom stereocenters. The van der Waals surface area contributed by atoms with Crippen molar-refractivity contribution < 1.29 is 4.79 Å². The van der Waals surface area contributed by atoms with Gasteiger partial charge in [0.1, 0.15) is 0 Å². The van der Waals surface area contributed by atoms with Crippen LogP contribution in [0.25, 0.3) is 0 Å². The van der Waals surface area contributed by atoms with Crippen molar-refractivity contribution in [3.8, 4) is 0 Å². The summed E-state index contributed by atoms with van der Waals surface area (Å²) in [6.45, 7) is 1.64. The van der Waals surface area contributed by atoms with E-state index in [0.717, 1.165) is 19.5 Å². The Kier molecular flexibility index (Phi) is 2.47. The second-order valence-electron chi connectivity index (χ2n) is 4.04. The summed E-state index contributed by atoms with van der Waals surface area (Å²) in [5, 5.41) is -0.291. The van der Waals surface area contributed by atoms with Crippen LogP contribution in [0.1, 0.15) is 19.3 Å². The van der Waals surface area contributed by atoms with E-state index in [-0.39, 0.29) is 5.37 Å². The smallest absolute Gasteiger partial charge is 0.316 e. The fraction of sp³-hybridized carbons (Fsp3) is 0.889. The lowest BCUT2D eigenvalue weighted by Crippen LogP contribution is -2.37. The predicted molar refractivity (Wildman–Crippen MR) is 52.0 cm³/mol. The first-order chi connectivity index (χ1) is 6.18. The van der Waals surface area contributed by atoms with E-state index in [0.29, 0.717) is 12.1 Å². The van der Waals surface area contributed by atoms with Crippen LogP contribution in [0.2, 0.25) is 0 Å². The minimum Gasteiger partial charge on any atom is -0.328 e. The summed E-state index contributed by atoms with van der Waals surface area (Å²) < 4.78 is 0. The van der Waals surface area contributed by atoms with Crippen LogP contribution < -0.4 is 0 Å². The Morgan fingerprint density at radius 1 is 1.31 bits per heavy atom. The summed E-state index contributed by atoms with van der Waals surface area (Å²) in [5.41, 5.74) is 0. The summed E-state index contributed by atoms with van der Waals surface area (Å²) in [6, 6.07) is 1.21. The van der Waals surface area contributed by atoms with Crippen LogP contribution in [0, 0.1) is 0 Å². The number of carbonyl (C=O) groups is 1. The number of hydrogen-bond acceptors (Lipinski definition) is 2. The summed E-state index contributed by atoms with van der Waals surface area (Å²) in [4.78, 5) is 15.2. The molecular formula is C9H15ClN2O. The number of carbonyl (C=O) groups excluding carboxylic acids is 1. The largest absolute Gasteiger partial charge is 0.328 e. The van der Waals surface area contributed by atoms with Crippen molar-refractivity contribution >= 4 is 17.0 Å². The molecule has 1 amide bonds. The van der Waals surface area contributed by atoms with Crippen LogP contribution in [-0.2, 0) is 0 Å². The van der Waals surface area contributed by atoms with Gasteiger partial charge in [0.2, 0.25) is 0 Å². The molecule has 74 valence electrons. The standard InChI is InChI=1S/C9H15ClN2O/c1-11-7-2-3-8(11)6-12(5-4-7)9(10)13/h7-8H,2-6H2,1H3. The molecule has 0 aromatic heterocycles. The van der Waals surface area contributed by atoms with Gasteiger partial charge in [0.15, 0.2) is 0 Å². The topological polar surface area (TPSA) is 23.6 Å². The van der Waals surface area contributed by atoms with Gasteiger partial charge in [-0.2, -0.15) is 0 Å². The van der Waals surface area contributed by atoms with Gasteiger partial charge >= 0.3 is 5.37 Å². The van der Waals surface area contributed by atoms with Crippen molar-refractivity contribution in [3.63, 3.8) is 0 Å². The Morgan fingerprint density at radius 2 is 2.00 bits per heavy atom. The SMILES string of the molecule is CN1C2CCC1CN(C(=O)Cl)CC2. The number of likely N-dealkylation sites (tertiary alicyclic amines) is 1. The van der Waals surface area contributed by atoms with Gasteiger partial charge in [0, 0.05) is 25.2 Å². The second kappa shape index (κ2) is 3.46. The normalized spacial score (nSPS) is 34.8. The van der Waals surface area contributed by atoms with Gasteiger partial charge in [-0.1, -0.05) is 0 Å². The Balaban J connectivity index is 2.07. The molecule has 2 fully saturated rings. The molecule has 2 aliphatic heterocycles. The molecule has 0 N–H and O–H groups in total. The highest BCUT2D eigenvalue weighted by Gasteiger charge is 2.35. The van der Waals surface area contributed by atoms with Gasteiger partial charge in [0.05, 0.1) is 0 Å². The molecule has 2 saturated heterocycles. The molecule has 13 heavy (non-hydrogen) atoms. The minimum absolute atomic E-state index is 0.291. The highest BCUT2D eigenvalue weighted by Crippen LogP contribution is 2.28. The fourth-order valence-electron chi connectivity index (χ4n) is 2.47. The third-order valence-corrected chi connectivity index (χ3v) is 3.64. The van der Waals surface area contributed by atoms with E-state index in [1.54, 1.807) is 4.90 Å². The number of rotatable bonds is 0. The van der Waals surface area contributed by atoms with Gasteiger partial charge in [0.25, 0.3) is 0 Å². The van der Waals surface area contributed by atoms with Crippen LogP contribution in [0.5, 0.6) is 0 Å². The molecule has 3 nitrogen and oxygen atoms in total. The van der Waals surface area contributed by atoms with Crippen molar-refractivity contribution in [2.45, 2.75) is 31.3 Å². The lowest BCUT2D eigenvalue weighted by Gasteiger charge is -2.23. The maximum atomic E-state index is 11.0. The Hall–Kier alpha value is -0.280. The lowest BCUT2D eigenvalue weighted by atomic mass is 10.1. The summed E-state index contributed by atoms with van der Waals surface area (Å²) in [5.74, 6) is 0. The maximum absolute atomic E-state index is 11.0. The van der Waals surface area contributed by atoms with Crippen LogP contribution in [0.3, 0.4) is 0 Å². The molecule has 2 heterocycles. The fourth-order valence-corrected chi connectivity index (χ4v) is 2.62. The van der Waals surface area contributed by atoms with Crippen molar-refractivity contribution in [1.82, 2.24) is 9.80 Å². The Morgan fingerprint density at radius 3 is 2.69 bits per heavy atom. The first kappa shape index (κ1) is 9.28.